The topological polar surface area (TPSA) is 17.3 Å². The Bertz CT molecular complexity index is 427. The van der Waals surface area contributed by atoms with Gasteiger partial charge in [0.15, 0.2) is 0 Å². The molecule has 0 spiro atoms. The molecule has 0 bridgehead atoms. The van der Waals surface area contributed by atoms with Crippen LogP contribution in [0.2, 0.25) is 0 Å². The maximum absolute atomic E-state index is 4.47. The van der Waals surface area contributed by atoms with Crippen molar-refractivity contribution in [2.75, 3.05) is 0 Å². The number of aromatic nitrogens is 2. The zero-order valence-corrected chi connectivity index (χ0v) is 8.28. The minimum absolute atomic E-state index is 0.500. The van der Waals surface area contributed by atoms with Gasteiger partial charge in [-0.05, 0) is 36.6 Å². The minimum atomic E-state index is 0.500. The van der Waals surface area contributed by atoms with Crippen LogP contribution < -0.4 is 0 Å². The smallest absolute Gasteiger partial charge is 0.0667 e. The van der Waals surface area contributed by atoms with Gasteiger partial charge in [-0.15, -0.1) is 0 Å². The predicted molar refractivity (Wildman–Crippen MR) is 54.0 cm³/mol. The van der Waals surface area contributed by atoms with Crippen LogP contribution in [0.25, 0.3) is 5.52 Å². The first-order valence-corrected chi connectivity index (χ1v) is 4.63. The summed E-state index contributed by atoms with van der Waals surface area (Å²) in [6, 6.07) is 6.38. The Kier molecular flexibility index (Phi) is 1.83. The van der Waals surface area contributed by atoms with Gasteiger partial charge in [0.1, 0.15) is 0 Å². The Morgan fingerprint density at radius 2 is 2.08 bits per heavy atom. The van der Waals surface area contributed by atoms with Crippen molar-refractivity contribution in [2.24, 2.45) is 0 Å². The number of nitrogens with zero attached hydrogens (tertiary/aromatic N) is 2. The van der Waals surface area contributed by atoms with Crippen LogP contribution in [0.15, 0.2) is 24.4 Å². The van der Waals surface area contributed by atoms with Gasteiger partial charge in [0.25, 0.3) is 0 Å². The fourth-order valence-corrected chi connectivity index (χ4v) is 1.41. The van der Waals surface area contributed by atoms with Crippen molar-refractivity contribution in [1.29, 1.82) is 0 Å². The molecule has 0 aromatic carbocycles. The normalized spacial score (nSPS) is 11.4. The highest BCUT2D eigenvalue weighted by atomic mass is 15.2. The van der Waals surface area contributed by atoms with Crippen molar-refractivity contribution < 1.29 is 0 Å². The number of aryl methyl sites for hydroxylation is 1. The molecule has 0 radical (unpaired) electrons. The summed E-state index contributed by atoms with van der Waals surface area (Å²) in [5.74, 6) is 0.500. The average Bonchev–Trinajstić information content (AvgIpc) is 2.46. The molecule has 2 aromatic rings. The molecule has 0 aliphatic heterocycles. The van der Waals surface area contributed by atoms with E-state index in [2.05, 4.69) is 44.1 Å². The van der Waals surface area contributed by atoms with E-state index in [1.807, 2.05) is 10.7 Å². The summed E-state index contributed by atoms with van der Waals surface area (Å²) in [7, 11) is 0. The lowest BCUT2D eigenvalue weighted by Gasteiger charge is -1.95. The van der Waals surface area contributed by atoms with E-state index < -0.39 is 0 Å². The van der Waals surface area contributed by atoms with E-state index in [4.69, 9.17) is 0 Å². The number of hydrogen-bond donors (Lipinski definition) is 0. The second-order valence-corrected chi connectivity index (χ2v) is 3.80. The van der Waals surface area contributed by atoms with Gasteiger partial charge in [0, 0.05) is 6.20 Å². The number of hydrogen-bond acceptors (Lipinski definition) is 1. The summed E-state index contributed by atoms with van der Waals surface area (Å²) in [6.45, 7) is 6.42. The Morgan fingerprint density at radius 3 is 2.77 bits per heavy atom. The zero-order valence-electron chi connectivity index (χ0n) is 8.28. The Morgan fingerprint density at radius 1 is 1.31 bits per heavy atom. The largest absolute Gasteiger partial charge is 0.241 e. The van der Waals surface area contributed by atoms with Gasteiger partial charge >= 0.3 is 0 Å². The summed E-state index contributed by atoms with van der Waals surface area (Å²) < 4.78 is 1.93. The molecule has 0 atom stereocenters. The fourth-order valence-electron chi connectivity index (χ4n) is 1.41. The van der Waals surface area contributed by atoms with Gasteiger partial charge in [-0.2, -0.15) is 5.10 Å². The van der Waals surface area contributed by atoms with Crippen molar-refractivity contribution in [3.8, 4) is 0 Å². The van der Waals surface area contributed by atoms with Crippen LogP contribution in [-0.4, -0.2) is 9.61 Å². The summed E-state index contributed by atoms with van der Waals surface area (Å²) in [6.07, 6.45) is 2.01. The van der Waals surface area contributed by atoms with E-state index in [1.54, 1.807) is 0 Å². The highest BCUT2D eigenvalue weighted by Crippen LogP contribution is 2.15. The molecule has 0 N–H and O–H groups in total. The average molecular weight is 174 g/mol. The summed E-state index contributed by atoms with van der Waals surface area (Å²) in [5.41, 5.74) is 3.62. The minimum Gasteiger partial charge on any atom is -0.241 e. The Labute approximate surface area is 78.2 Å². The summed E-state index contributed by atoms with van der Waals surface area (Å²) >= 11 is 0. The van der Waals surface area contributed by atoms with Gasteiger partial charge in [0.2, 0.25) is 0 Å². The molecule has 0 fully saturated rings. The molecule has 13 heavy (non-hydrogen) atoms. The lowest BCUT2D eigenvalue weighted by Crippen LogP contribution is -1.90. The second-order valence-electron chi connectivity index (χ2n) is 3.80. The maximum atomic E-state index is 4.47. The van der Waals surface area contributed by atoms with Crippen LogP contribution >= 0.6 is 0 Å². The molecule has 2 rings (SSSR count). The molecule has 2 aromatic heterocycles. The fraction of sp³-hybridized carbons (Fsp3) is 0.364. The lowest BCUT2D eigenvalue weighted by atomic mass is 10.1. The van der Waals surface area contributed by atoms with Crippen LogP contribution in [0, 0.1) is 6.92 Å². The number of pyridine rings is 1. The van der Waals surface area contributed by atoms with Crippen molar-refractivity contribution in [2.45, 2.75) is 26.7 Å². The van der Waals surface area contributed by atoms with Crippen LogP contribution in [0.1, 0.15) is 31.0 Å². The van der Waals surface area contributed by atoms with Gasteiger partial charge in [-0.1, -0.05) is 13.8 Å². The molecule has 0 aliphatic rings. The number of rotatable bonds is 1. The maximum Gasteiger partial charge on any atom is 0.0667 e. The third-order valence-electron chi connectivity index (χ3n) is 2.23. The molecule has 0 saturated heterocycles. The van der Waals surface area contributed by atoms with E-state index in [9.17, 15) is 0 Å². The highest BCUT2D eigenvalue weighted by molar-refractivity contribution is 5.49. The van der Waals surface area contributed by atoms with E-state index in [1.165, 1.54) is 11.1 Å². The molecule has 2 heterocycles. The van der Waals surface area contributed by atoms with Crippen LogP contribution in [-0.2, 0) is 0 Å². The first-order chi connectivity index (χ1) is 6.16. The van der Waals surface area contributed by atoms with Crippen LogP contribution in [0.4, 0.5) is 0 Å². The number of fused-ring (bicyclic) bond motifs is 1. The molecule has 0 unspecified atom stereocenters. The van der Waals surface area contributed by atoms with Crippen LogP contribution in [0.3, 0.4) is 0 Å². The summed E-state index contributed by atoms with van der Waals surface area (Å²) in [4.78, 5) is 0. The lowest BCUT2D eigenvalue weighted by molar-refractivity contribution is 0.788. The van der Waals surface area contributed by atoms with E-state index >= 15 is 0 Å². The van der Waals surface area contributed by atoms with Gasteiger partial charge < -0.3 is 0 Å². The molecule has 0 amide bonds. The molecule has 68 valence electrons. The molecule has 0 saturated carbocycles. The Hall–Kier alpha value is -1.31. The van der Waals surface area contributed by atoms with Crippen molar-refractivity contribution >= 4 is 5.52 Å². The van der Waals surface area contributed by atoms with Crippen molar-refractivity contribution in [3.05, 3.63) is 35.7 Å². The molecule has 2 heteroatoms. The quantitative estimate of drug-likeness (QED) is 0.649. The third-order valence-corrected chi connectivity index (χ3v) is 2.23. The summed E-state index contributed by atoms with van der Waals surface area (Å²) in [5, 5.41) is 4.47. The molecular weight excluding hydrogens is 160 g/mol. The second kappa shape index (κ2) is 2.87. The molecule has 0 aliphatic carbocycles. The monoisotopic (exact) mass is 174 g/mol. The van der Waals surface area contributed by atoms with Gasteiger partial charge in [0.05, 0.1) is 11.2 Å². The van der Waals surface area contributed by atoms with Crippen LogP contribution in [0.5, 0.6) is 0 Å². The standard InChI is InChI=1S/C11H14N2/c1-8(2)11-7-10-6-9(3)4-5-13(10)12-11/h4-8H,1-3H3. The highest BCUT2D eigenvalue weighted by Gasteiger charge is 2.04. The first kappa shape index (κ1) is 8.30. The van der Waals surface area contributed by atoms with E-state index in [0.717, 1.165) is 5.69 Å². The van der Waals surface area contributed by atoms with Gasteiger partial charge in [-0.3, -0.25) is 0 Å². The molecule has 2 nitrogen and oxygen atoms in total. The van der Waals surface area contributed by atoms with E-state index in [-0.39, 0.29) is 0 Å². The Balaban J connectivity index is 2.62. The zero-order chi connectivity index (χ0) is 9.42. The van der Waals surface area contributed by atoms with Gasteiger partial charge in [-0.25, -0.2) is 4.52 Å². The molecular formula is C11H14N2. The SMILES string of the molecule is Cc1ccn2nc(C(C)C)cc2c1. The predicted octanol–water partition coefficient (Wildman–Crippen LogP) is 2.77. The van der Waals surface area contributed by atoms with Crippen molar-refractivity contribution in [3.63, 3.8) is 0 Å². The first-order valence-electron chi connectivity index (χ1n) is 4.63. The third kappa shape index (κ3) is 1.44. The van der Waals surface area contributed by atoms with E-state index in [0.29, 0.717) is 5.92 Å². The van der Waals surface area contributed by atoms with Crippen molar-refractivity contribution in [1.82, 2.24) is 9.61 Å².